The summed E-state index contributed by atoms with van der Waals surface area (Å²) in [5, 5.41) is 2.84. The molecule has 0 aliphatic rings. The highest BCUT2D eigenvalue weighted by Gasteiger charge is 2.23. The molecule has 7 nitrogen and oxygen atoms in total. The molecular weight excluding hydrogens is 390 g/mol. The summed E-state index contributed by atoms with van der Waals surface area (Å²) in [5.74, 6) is -0.781. The average Bonchev–Trinajstić information content (AvgIpc) is 2.66. The minimum atomic E-state index is -3.89. The van der Waals surface area contributed by atoms with Crippen LogP contribution in [0.4, 0.5) is 5.69 Å². The first kappa shape index (κ1) is 20.7. The molecule has 0 aliphatic heterocycles. The molecule has 144 valence electrons. The summed E-state index contributed by atoms with van der Waals surface area (Å²) in [6.45, 7) is -0.130. The van der Waals surface area contributed by atoms with Gasteiger partial charge in [-0.3, -0.25) is 13.9 Å². The molecule has 0 aromatic heterocycles. The Morgan fingerprint density at radius 1 is 1.07 bits per heavy atom. The van der Waals surface area contributed by atoms with Crippen LogP contribution in [0.25, 0.3) is 0 Å². The maximum atomic E-state index is 12.9. The molecule has 2 aromatic carbocycles. The second-order valence-electron chi connectivity index (χ2n) is 5.81. The summed E-state index contributed by atoms with van der Waals surface area (Å²) in [5.41, 5.74) is 0.568. The van der Waals surface area contributed by atoms with Crippen LogP contribution in [0, 0.1) is 0 Å². The molecular formula is C18H20ClN3O4S. The molecule has 0 unspecified atom stereocenters. The lowest BCUT2D eigenvalue weighted by Gasteiger charge is -2.21. The van der Waals surface area contributed by atoms with Gasteiger partial charge in [0, 0.05) is 31.7 Å². The van der Waals surface area contributed by atoms with E-state index in [1.807, 2.05) is 0 Å². The van der Waals surface area contributed by atoms with E-state index in [-0.39, 0.29) is 22.9 Å². The number of halogens is 1. The first-order chi connectivity index (χ1) is 12.7. The number of amides is 2. The monoisotopic (exact) mass is 409 g/mol. The van der Waals surface area contributed by atoms with Crippen molar-refractivity contribution in [3.8, 4) is 0 Å². The van der Waals surface area contributed by atoms with Crippen LogP contribution in [0.5, 0.6) is 0 Å². The van der Waals surface area contributed by atoms with Crippen LogP contribution < -0.4 is 9.62 Å². The second kappa shape index (κ2) is 8.41. The molecule has 0 radical (unpaired) electrons. The topological polar surface area (TPSA) is 86.8 Å². The lowest BCUT2D eigenvalue weighted by molar-refractivity contribution is -0.121. The minimum absolute atomic E-state index is 0.0378. The number of hydrogen-bond donors (Lipinski definition) is 1. The number of rotatable bonds is 6. The average molecular weight is 410 g/mol. The fourth-order valence-electron chi connectivity index (χ4n) is 2.35. The van der Waals surface area contributed by atoms with Gasteiger partial charge < -0.3 is 10.2 Å². The molecule has 0 fully saturated rings. The zero-order valence-corrected chi connectivity index (χ0v) is 16.7. The fourth-order valence-corrected chi connectivity index (χ4v) is 3.76. The Labute approximate surface area is 163 Å². The standard InChI is InChI=1S/C18H20ClN3O4S/c1-20-17(23)12-21(2)18(24)13-6-4-9-16(10-13)27(25,26)22(3)15-8-5-7-14(19)11-15/h4-11H,12H2,1-3H3,(H,20,23). The lowest BCUT2D eigenvalue weighted by Crippen LogP contribution is -2.37. The lowest BCUT2D eigenvalue weighted by atomic mass is 10.2. The van der Waals surface area contributed by atoms with E-state index in [1.165, 1.54) is 56.4 Å². The van der Waals surface area contributed by atoms with Crippen molar-refractivity contribution in [2.75, 3.05) is 32.0 Å². The molecule has 2 aromatic rings. The summed E-state index contributed by atoms with van der Waals surface area (Å²) in [4.78, 5) is 25.1. The van der Waals surface area contributed by atoms with E-state index in [9.17, 15) is 18.0 Å². The number of nitrogens with zero attached hydrogens (tertiary/aromatic N) is 2. The van der Waals surface area contributed by atoms with E-state index >= 15 is 0 Å². The number of carbonyl (C=O) groups excluding carboxylic acids is 2. The summed E-state index contributed by atoms with van der Waals surface area (Å²) in [6, 6.07) is 12.1. The van der Waals surface area contributed by atoms with Gasteiger partial charge in [0.25, 0.3) is 15.9 Å². The maximum absolute atomic E-state index is 12.9. The van der Waals surface area contributed by atoms with E-state index in [0.29, 0.717) is 10.7 Å². The number of hydrogen-bond acceptors (Lipinski definition) is 4. The molecule has 0 atom stereocenters. The Morgan fingerprint density at radius 3 is 2.37 bits per heavy atom. The Kier molecular flexibility index (Phi) is 6.45. The van der Waals surface area contributed by atoms with Gasteiger partial charge in [-0.1, -0.05) is 23.7 Å². The van der Waals surface area contributed by atoms with E-state index in [1.54, 1.807) is 18.2 Å². The largest absolute Gasteiger partial charge is 0.358 e. The highest BCUT2D eigenvalue weighted by Crippen LogP contribution is 2.25. The predicted octanol–water partition coefficient (Wildman–Crippen LogP) is 1.98. The molecule has 0 aliphatic carbocycles. The molecule has 0 saturated carbocycles. The van der Waals surface area contributed by atoms with Gasteiger partial charge in [-0.2, -0.15) is 0 Å². The van der Waals surface area contributed by atoms with Gasteiger partial charge in [0.2, 0.25) is 5.91 Å². The molecule has 1 N–H and O–H groups in total. The van der Waals surface area contributed by atoms with Crippen LogP contribution in [0.15, 0.2) is 53.4 Å². The molecule has 2 amide bonds. The van der Waals surface area contributed by atoms with Crippen LogP contribution in [-0.2, 0) is 14.8 Å². The molecule has 27 heavy (non-hydrogen) atoms. The fraction of sp³-hybridized carbons (Fsp3) is 0.222. The first-order valence-electron chi connectivity index (χ1n) is 7.97. The van der Waals surface area contributed by atoms with Crippen molar-refractivity contribution in [2.45, 2.75) is 4.90 Å². The van der Waals surface area contributed by atoms with E-state index in [4.69, 9.17) is 11.6 Å². The number of anilines is 1. The highest BCUT2D eigenvalue weighted by molar-refractivity contribution is 7.92. The molecule has 2 rings (SSSR count). The summed E-state index contributed by atoms with van der Waals surface area (Å²) < 4.78 is 26.9. The van der Waals surface area contributed by atoms with Crippen molar-refractivity contribution in [3.05, 3.63) is 59.1 Å². The Morgan fingerprint density at radius 2 is 1.74 bits per heavy atom. The summed E-state index contributed by atoms with van der Waals surface area (Å²) >= 11 is 5.94. The quantitative estimate of drug-likeness (QED) is 0.790. The van der Waals surface area contributed by atoms with Crippen molar-refractivity contribution < 1.29 is 18.0 Å². The Balaban J connectivity index is 2.32. The van der Waals surface area contributed by atoms with Crippen molar-refractivity contribution in [3.63, 3.8) is 0 Å². The van der Waals surface area contributed by atoms with Crippen LogP contribution in [-0.4, -0.2) is 52.8 Å². The van der Waals surface area contributed by atoms with Gasteiger partial charge in [0.1, 0.15) is 0 Å². The third kappa shape index (κ3) is 4.78. The number of nitrogens with one attached hydrogen (secondary N) is 1. The predicted molar refractivity (Wildman–Crippen MR) is 105 cm³/mol. The van der Waals surface area contributed by atoms with Crippen molar-refractivity contribution in [2.24, 2.45) is 0 Å². The first-order valence-corrected chi connectivity index (χ1v) is 9.79. The van der Waals surface area contributed by atoms with Crippen molar-refractivity contribution in [1.82, 2.24) is 10.2 Å². The van der Waals surface area contributed by atoms with E-state index in [0.717, 1.165) is 4.31 Å². The molecule has 0 bridgehead atoms. The van der Waals surface area contributed by atoms with Gasteiger partial charge >= 0.3 is 0 Å². The van der Waals surface area contributed by atoms with E-state index < -0.39 is 15.9 Å². The highest BCUT2D eigenvalue weighted by atomic mass is 35.5. The SMILES string of the molecule is CNC(=O)CN(C)C(=O)c1cccc(S(=O)(=O)N(C)c2cccc(Cl)c2)c1. The molecule has 9 heteroatoms. The van der Waals surface area contributed by atoms with E-state index in [2.05, 4.69) is 5.32 Å². The summed E-state index contributed by atoms with van der Waals surface area (Å²) in [6.07, 6.45) is 0. The molecule has 0 saturated heterocycles. The smallest absolute Gasteiger partial charge is 0.264 e. The zero-order chi connectivity index (χ0) is 20.2. The number of benzene rings is 2. The third-order valence-electron chi connectivity index (χ3n) is 3.92. The molecule has 0 spiro atoms. The van der Waals surface area contributed by atoms with Crippen LogP contribution in [0.3, 0.4) is 0 Å². The van der Waals surface area contributed by atoms with Gasteiger partial charge in [-0.25, -0.2) is 8.42 Å². The van der Waals surface area contributed by atoms with Crippen molar-refractivity contribution >= 4 is 39.1 Å². The number of likely N-dealkylation sites (N-methyl/N-ethyl adjacent to an activating group) is 2. The summed E-state index contributed by atoms with van der Waals surface area (Å²) in [7, 11) is 0.457. The second-order valence-corrected chi connectivity index (χ2v) is 8.22. The maximum Gasteiger partial charge on any atom is 0.264 e. The molecule has 0 heterocycles. The van der Waals surface area contributed by atoms with Crippen molar-refractivity contribution in [1.29, 1.82) is 0 Å². The Hall–Kier alpha value is -2.58. The third-order valence-corrected chi connectivity index (χ3v) is 5.93. The van der Waals surface area contributed by atoms with Crippen LogP contribution >= 0.6 is 11.6 Å². The number of sulfonamides is 1. The Bertz CT molecular complexity index is 963. The van der Waals surface area contributed by atoms with Gasteiger partial charge in [-0.15, -0.1) is 0 Å². The van der Waals surface area contributed by atoms with Gasteiger partial charge in [0.15, 0.2) is 0 Å². The number of carbonyl (C=O) groups is 2. The minimum Gasteiger partial charge on any atom is -0.358 e. The zero-order valence-electron chi connectivity index (χ0n) is 15.1. The van der Waals surface area contributed by atoms with Crippen LogP contribution in [0.2, 0.25) is 5.02 Å². The van der Waals surface area contributed by atoms with Gasteiger partial charge in [-0.05, 0) is 36.4 Å². The van der Waals surface area contributed by atoms with Crippen LogP contribution in [0.1, 0.15) is 10.4 Å². The normalized spacial score (nSPS) is 11.0. The van der Waals surface area contributed by atoms with Gasteiger partial charge in [0.05, 0.1) is 17.1 Å².